The molecule has 4 heterocycles. The van der Waals surface area contributed by atoms with E-state index in [1.165, 1.54) is 6.20 Å². The summed E-state index contributed by atoms with van der Waals surface area (Å²) in [4.78, 5) is 36.9. The van der Waals surface area contributed by atoms with E-state index in [1.807, 2.05) is 6.07 Å². The van der Waals surface area contributed by atoms with Crippen LogP contribution in [0.2, 0.25) is 0 Å². The average molecular weight is 328 g/mol. The second-order valence-electron chi connectivity index (χ2n) is 6.19. The molecule has 0 spiro atoms. The van der Waals surface area contributed by atoms with E-state index in [-0.39, 0.29) is 11.9 Å². The number of aromatic amines is 2. The minimum atomic E-state index is -0.400. The van der Waals surface area contributed by atoms with Crippen LogP contribution < -0.4 is 17.0 Å². The predicted octanol–water partition coefficient (Wildman–Crippen LogP) is 0.509. The van der Waals surface area contributed by atoms with Crippen molar-refractivity contribution in [3.8, 4) is 0 Å². The van der Waals surface area contributed by atoms with Crippen molar-refractivity contribution in [1.29, 1.82) is 0 Å². The SMILES string of the molecule is NCCN1CCCCC1n1c(=O)[nH]c(=O)c2cnc3[nH]ccc3c21. The summed E-state index contributed by atoms with van der Waals surface area (Å²) in [5.41, 5.74) is 6.28. The highest BCUT2D eigenvalue weighted by Gasteiger charge is 2.27. The quantitative estimate of drug-likeness (QED) is 0.648. The Morgan fingerprint density at radius 3 is 3.00 bits per heavy atom. The number of nitrogens with one attached hydrogen (secondary N) is 2. The van der Waals surface area contributed by atoms with Crippen molar-refractivity contribution in [1.82, 2.24) is 24.4 Å². The van der Waals surface area contributed by atoms with Gasteiger partial charge in [-0.25, -0.2) is 9.78 Å². The van der Waals surface area contributed by atoms with E-state index in [2.05, 4.69) is 19.9 Å². The molecule has 3 aromatic rings. The predicted molar refractivity (Wildman–Crippen MR) is 92.0 cm³/mol. The third-order valence-electron chi connectivity index (χ3n) is 4.78. The molecule has 1 fully saturated rings. The Labute approximate surface area is 137 Å². The van der Waals surface area contributed by atoms with Gasteiger partial charge in [0, 0.05) is 37.4 Å². The van der Waals surface area contributed by atoms with Crippen LogP contribution in [0.15, 0.2) is 28.0 Å². The number of fused-ring (bicyclic) bond motifs is 3. The van der Waals surface area contributed by atoms with Gasteiger partial charge in [-0.3, -0.25) is 19.2 Å². The van der Waals surface area contributed by atoms with Crippen LogP contribution in [0.25, 0.3) is 21.9 Å². The van der Waals surface area contributed by atoms with E-state index in [0.717, 1.165) is 37.7 Å². The molecule has 126 valence electrons. The van der Waals surface area contributed by atoms with Gasteiger partial charge >= 0.3 is 5.69 Å². The summed E-state index contributed by atoms with van der Waals surface area (Å²) in [6, 6.07) is 1.86. The number of aromatic nitrogens is 4. The summed E-state index contributed by atoms with van der Waals surface area (Å²) < 4.78 is 1.71. The fourth-order valence-corrected chi connectivity index (χ4v) is 3.72. The van der Waals surface area contributed by atoms with E-state index < -0.39 is 5.56 Å². The fourth-order valence-electron chi connectivity index (χ4n) is 3.72. The van der Waals surface area contributed by atoms with E-state index in [0.29, 0.717) is 23.1 Å². The van der Waals surface area contributed by atoms with E-state index >= 15 is 0 Å². The van der Waals surface area contributed by atoms with E-state index in [4.69, 9.17) is 5.73 Å². The lowest BCUT2D eigenvalue weighted by atomic mass is 10.1. The number of rotatable bonds is 3. The zero-order valence-corrected chi connectivity index (χ0v) is 13.3. The third kappa shape index (κ3) is 2.26. The molecule has 0 aromatic carbocycles. The first-order valence-electron chi connectivity index (χ1n) is 8.25. The highest BCUT2D eigenvalue weighted by molar-refractivity contribution is 6.01. The average Bonchev–Trinajstić information content (AvgIpc) is 3.05. The summed E-state index contributed by atoms with van der Waals surface area (Å²) >= 11 is 0. The molecular formula is C16H20N6O2. The van der Waals surface area contributed by atoms with Gasteiger partial charge in [-0.2, -0.15) is 0 Å². The van der Waals surface area contributed by atoms with Crippen LogP contribution >= 0.6 is 0 Å². The van der Waals surface area contributed by atoms with Crippen LogP contribution in [0.1, 0.15) is 25.4 Å². The number of hydrogen-bond donors (Lipinski definition) is 3. The highest BCUT2D eigenvalue weighted by atomic mass is 16.2. The molecule has 8 heteroatoms. The van der Waals surface area contributed by atoms with E-state index in [1.54, 1.807) is 10.8 Å². The Hall–Kier alpha value is -2.45. The van der Waals surface area contributed by atoms with Crippen LogP contribution in [0.4, 0.5) is 0 Å². The summed E-state index contributed by atoms with van der Waals surface area (Å²) in [7, 11) is 0. The number of piperidine rings is 1. The van der Waals surface area contributed by atoms with Gasteiger partial charge in [-0.1, -0.05) is 0 Å². The molecule has 4 rings (SSSR count). The van der Waals surface area contributed by atoms with Gasteiger partial charge in [0.2, 0.25) is 0 Å². The van der Waals surface area contributed by atoms with Crippen molar-refractivity contribution >= 4 is 21.9 Å². The van der Waals surface area contributed by atoms with Crippen LogP contribution in [0, 0.1) is 0 Å². The molecular weight excluding hydrogens is 308 g/mol. The normalized spacial score (nSPS) is 19.3. The lowest BCUT2D eigenvalue weighted by Gasteiger charge is -2.36. The van der Waals surface area contributed by atoms with E-state index in [9.17, 15) is 9.59 Å². The molecule has 3 aromatic heterocycles. The lowest BCUT2D eigenvalue weighted by Crippen LogP contribution is -2.45. The van der Waals surface area contributed by atoms with Crippen molar-refractivity contribution in [2.75, 3.05) is 19.6 Å². The molecule has 1 aliphatic heterocycles. The smallest absolute Gasteiger partial charge is 0.330 e. The standard InChI is InChI=1S/C16H20N6O2/c17-5-8-21-7-2-1-3-12(21)22-13-10-4-6-18-14(10)19-9-11(13)15(23)20-16(22)24/h4,6,9,12H,1-3,5,7-8,17H2,(H,18,19)(H,20,23,24). The fraction of sp³-hybridized carbons (Fsp3) is 0.438. The number of nitrogens with two attached hydrogens (primary N) is 1. The first-order valence-corrected chi connectivity index (χ1v) is 8.25. The van der Waals surface area contributed by atoms with Crippen LogP contribution in [-0.2, 0) is 0 Å². The molecule has 1 unspecified atom stereocenters. The monoisotopic (exact) mass is 328 g/mol. The van der Waals surface area contributed by atoms with Gasteiger partial charge in [-0.15, -0.1) is 0 Å². The molecule has 24 heavy (non-hydrogen) atoms. The van der Waals surface area contributed by atoms with Crippen molar-refractivity contribution in [2.45, 2.75) is 25.4 Å². The minimum Gasteiger partial charge on any atom is -0.346 e. The van der Waals surface area contributed by atoms with Gasteiger partial charge in [0.1, 0.15) is 5.65 Å². The maximum absolute atomic E-state index is 12.7. The first kappa shape index (κ1) is 15.1. The zero-order chi connectivity index (χ0) is 16.7. The molecule has 4 N–H and O–H groups in total. The Morgan fingerprint density at radius 1 is 1.29 bits per heavy atom. The largest absolute Gasteiger partial charge is 0.346 e. The van der Waals surface area contributed by atoms with Gasteiger partial charge in [0.15, 0.2) is 0 Å². The minimum absolute atomic E-state index is 0.102. The van der Waals surface area contributed by atoms with Crippen LogP contribution in [0.3, 0.4) is 0 Å². The number of nitrogens with zero attached hydrogens (tertiary/aromatic N) is 3. The van der Waals surface area contributed by atoms with Crippen molar-refractivity contribution < 1.29 is 0 Å². The summed E-state index contributed by atoms with van der Waals surface area (Å²) in [5, 5.41) is 1.22. The Kier molecular flexibility index (Phi) is 3.70. The maximum Gasteiger partial charge on any atom is 0.330 e. The molecule has 0 amide bonds. The molecule has 1 saturated heterocycles. The van der Waals surface area contributed by atoms with Gasteiger partial charge in [0.25, 0.3) is 5.56 Å². The molecule has 1 aliphatic rings. The molecule has 0 radical (unpaired) electrons. The Bertz CT molecular complexity index is 999. The van der Waals surface area contributed by atoms with Gasteiger partial charge in [-0.05, 0) is 25.3 Å². The Morgan fingerprint density at radius 2 is 2.17 bits per heavy atom. The second kappa shape index (κ2) is 5.88. The summed E-state index contributed by atoms with van der Waals surface area (Å²) in [6.45, 7) is 2.16. The zero-order valence-electron chi connectivity index (χ0n) is 13.3. The van der Waals surface area contributed by atoms with Crippen molar-refractivity contribution in [2.24, 2.45) is 5.73 Å². The highest BCUT2D eigenvalue weighted by Crippen LogP contribution is 2.29. The van der Waals surface area contributed by atoms with Gasteiger partial charge in [0.05, 0.1) is 17.1 Å². The number of likely N-dealkylation sites (tertiary alicyclic amines) is 1. The lowest BCUT2D eigenvalue weighted by molar-refractivity contribution is 0.0988. The Balaban J connectivity index is 2.05. The maximum atomic E-state index is 12.7. The summed E-state index contributed by atoms with van der Waals surface area (Å²) in [6.07, 6.45) is 6.18. The molecule has 8 nitrogen and oxygen atoms in total. The van der Waals surface area contributed by atoms with Crippen LogP contribution in [0.5, 0.6) is 0 Å². The molecule has 0 bridgehead atoms. The van der Waals surface area contributed by atoms with Gasteiger partial charge < -0.3 is 10.7 Å². The number of hydrogen-bond acceptors (Lipinski definition) is 5. The molecule has 0 aliphatic carbocycles. The second-order valence-corrected chi connectivity index (χ2v) is 6.19. The van der Waals surface area contributed by atoms with Crippen LogP contribution in [-0.4, -0.2) is 44.1 Å². The summed E-state index contributed by atoms with van der Waals surface area (Å²) in [5.74, 6) is 0. The number of pyridine rings is 1. The first-order chi connectivity index (χ1) is 11.7. The topological polar surface area (TPSA) is 113 Å². The molecule has 1 atom stereocenters. The molecule has 0 saturated carbocycles. The number of H-pyrrole nitrogens is 2. The third-order valence-corrected chi connectivity index (χ3v) is 4.78. The van der Waals surface area contributed by atoms with Crippen molar-refractivity contribution in [3.05, 3.63) is 39.3 Å². The van der Waals surface area contributed by atoms with Crippen molar-refractivity contribution in [3.63, 3.8) is 0 Å².